The molecule has 160 valence electrons. The van der Waals surface area contributed by atoms with Gasteiger partial charge in [0.1, 0.15) is 5.75 Å². The summed E-state index contributed by atoms with van der Waals surface area (Å²) in [5, 5.41) is 17.7. The average molecular weight is 468 g/mol. The van der Waals surface area contributed by atoms with Crippen molar-refractivity contribution >= 4 is 23.2 Å². The molecule has 5 nitrogen and oxygen atoms in total. The predicted molar refractivity (Wildman–Crippen MR) is 120 cm³/mol. The minimum atomic E-state index is -0.664. The summed E-state index contributed by atoms with van der Waals surface area (Å²) in [6, 6.07) is 15.3. The number of ether oxygens (including phenoxy) is 1. The van der Waals surface area contributed by atoms with Gasteiger partial charge in [0.05, 0.1) is 23.1 Å². The van der Waals surface area contributed by atoms with Gasteiger partial charge in [-0.25, -0.2) is 4.39 Å². The first-order chi connectivity index (χ1) is 15.4. The number of aryl methyl sites for hydroxylation is 2. The summed E-state index contributed by atoms with van der Waals surface area (Å²) in [4.78, 5) is 0. The maximum atomic E-state index is 15.2. The lowest BCUT2D eigenvalue weighted by atomic mass is 10.0. The van der Waals surface area contributed by atoms with Crippen molar-refractivity contribution in [3.8, 4) is 29.0 Å². The van der Waals surface area contributed by atoms with Gasteiger partial charge >= 0.3 is 0 Å². The summed E-state index contributed by atoms with van der Waals surface area (Å²) in [7, 11) is 0. The number of rotatable bonds is 5. The van der Waals surface area contributed by atoms with Gasteiger partial charge in [0.15, 0.2) is 11.6 Å². The highest BCUT2D eigenvalue weighted by Crippen LogP contribution is 2.36. The standard InChI is InChI=1S/C24H16Cl2FN3O2/c1-13-4-3-5-14(2)21(13)24-30-29-20(32-24)10-16-6-7-19(26)23(22(16)27)31-18-9-15(12-28)8-17(25)11-18/h3-9,11H,10H2,1-2H3. The quantitative estimate of drug-likeness (QED) is 0.314. The van der Waals surface area contributed by atoms with Crippen LogP contribution in [-0.2, 0) is 6.42 Å². The van der Waals surface area contributed by atoms with Crippen molar-refractivity contribution in [2.45, 2.75) is 20.3 Å². The first kappa shape index (κ1) is 21.8. The molecule has 1 heterocycles. The first-order valence-corrected chi connectivity index (χ1v) is 10.4. The Hall–Kier alpha value is -3.40. The summed E-state index contributed by atoms with van der Waals surface area (Å²) in [6.45, 7) is 3.92. The van der Waals surface area contributed by atoms with Crippen LogP contribution < -0.4 is 4.74 Å². The third-order valence-corrected chi connectivity index (χ3v) is 5.37. The molecule has 4 aromatic rings. The van der Waals surface area contributed by atoms with Gasteiger partial charge in [0, 0.05) is 16.1 Å². The lowest BCUT2D eigenvalue weighted by Crippen LogP contribution is -1.98. The Kier molecular flexibility index (Phi) is 6.13. The van der Waals surface area contributed by atoms with Gasteiger partial charge in [0.2, 0.25) is 11.8 Å². The molecule has 32 heavy (non-hydrogen) atoms. The summed E-state index contributed by atoms with van der Waals surface area (Å²) in [5.41, 5.74) is 3.42. The number of benzene rings is 3. The first-order valence-electron chi connectivity index (χ1n) is 9.60. The van der Waals surface area contributed by atoms with Gasteiger partial charge in [-0.15, -0.1) is 10.2 Å². The molecule has 0 saturated heterocycles. The SMILES string of the molecule is Cc1cccc(C)c1-c1nnc(Cc2ccc(Cl)c(Oc3cc(Cl)cc(C#N)c3)c2F)o1. The Labute approximate surface area is 194 Å². The van der Waals surface area contributed by atoms with Gasteiger partial charge in [0.25, 0.3) is 0 Å². The van der Waals surface area contributed by atoms with E-state index in [0.717, 1.165) is 16.7 Å². The molecular formula is C24H16Cl2FN3O2. The zero-order valence-corrected chi connectivity index (χ0v) is 18.6. The smallest absolute Gasteiger partial charge is 0.248 e. The molecule has 0 atom stereocenters. The Morgan fingerprint density at radius 3 is 2.53 bits per heavy atom. The number of nitrogens with zero attached hydrogens (tertiary/aromatic N) is 3. The molecule has 0 aliphatic heterocycles. The zero-order valence-electron chi connectivity index (χ0n) is 17.1. The van der Waals surface area contributed by atoms with E-state index in [9.17, 15) is 0 Å². The van der Waals surface area contributed by atoms with Crippen LogP contribution in [0.15, 0.2) is 52.9 Å². The lowest BCUT2D eigenvalue weighted by Gasteiger charge is -2.12. The van der Waals surface area contributed by atoms with Crippen LogP contribution in [0.3, 0.4) is 0 Å². The maximum Gasteiger partial charge on any atom is 0.248 e. The van der Waals surface area contributed by atoms with Crippen LogP contribution in [0.25, 0.3) is 11.5 Å². The molecule has 4 rings (SSSR count). The Morgan fingerprint density at radius 1 is 1.06 bits per heavy atom. The zero-order chi connectivity index (χ0) is 22.8. The van der Waals surface area contributed by atoms with E-state index in [1.165, 1.54) is 30.3 Å². The van der Waals surface area contributed by atoms with Crippen molar-refractivity contribution in [1.29, 1.82) is 5.26 Å². The number of hydrogen-bond acceptors (Lipinski definition) is 5. The summed E-state index contributed by atoms with van der Waals surface area (Å²) in [6.07, 6.45) is 0.0519. The van der Waals surface area contributed by atoms with E-state index in [-0.39, 0.29) is 45.0 Å². The van der Waals surface area contributed by atoms with E-state index in [4.69, 9.17) is 37.6 Å². The molecule has 0 bridgehead atoms. The molecule has 8 heteroatoms. The molecule has 1 aromatic heterocycles. The van der Waals surface area contributed by atoms with Crippen molar-refractivity contribution in [3.63, 3.8) is 0 Å². The van der Waals surface area contributed by atoms with E-state index in [1.54, 1.807) is 0 Å². The average Bonchev–Trinajstić information content (AvgIpc) is 3.20. The number of nitriles is 1. The maximum absolute atomic E-state index is 15.2. The number of hydrogen-bond donors (Lipinski definition) is 0. The molecule has 3 aromatic carbocycles. The second-order valence-corrected chi connectivity index (χ2v) is 8.03. The Bertz CT molecular complexity index is 1340. The van der Waals surface area contributed by atoms with Crippen LogP contribution in [0.4, 0.5) is 4.39 Å². The molecule has 0 spiro atoms. The largest absolute Gasteiger partial charge is 0.453 e. The molecule has 0 aliphatic carbocycles. The topological polar surface area (TPSA) is 71.9 Å². The highest BCUT2D eigenvalue weighted by Gasteiger charge is 2.19. The highest BCUT2D eigenvalue weighted by atomic mass is 35.5. The van der Waals surface area contributed by atoms with E-state index in [0.29, 0.717) is 5.89 Å². The minimum Gasteiger partial charge on any atom is -0.453 e. The molecule has 0 unspecified atom stereocenters. The van der Waals surface area contributed by atoms with Crippen LogP contribution in [0.1, 0.15) is 28.1 Å². The second-order valence-electron chi connectivity index (χ2n) is 7.18. The minimum absolute atomic E-state index is 0.0519. The van der Waals surface area contributed by atoms with Gasteiger partial charge < -0.3 is 9.15 Å². The van der Waals surface area contributed by atoms with Gasteiger partial charge in [-0.05, 0) is 49.2 Å². The van der Waals surface area contributed by atoms with Crippen LogP contribution in [0.2, 0.25) is 10.0 Å². The van der Waals surface area contributed by atoms with Crippen molar-refractivity contribution in [1.82, 2.24) is 10.2 Å². The van der Waals surface area contributed by atoms with Gasteiger partial charge in [-0.2, -0.15) is 5.26 Å². The predicted octanol–water partition coefficient (Wildman–Crippen LogP) is 7.05. The third kappa shape index (κ3) is 4.45. The van der Waals surface area contributed by atoms with Crippen molar-refractivity contribution in [2.75, 3.05) is 0 Å². The molecule has 0 saturated carbocycles. The van der Waals surface area contributed by atoms with Gasteiger partial charge in [-0.1, -0.05) is 47.5 Å². The van der Waals surface area contributed by atoms with Gasteiger partial charge in [-0.3, -0.25) is 0 Å². The van der Waals surface area contributed by atoms with E-state index in [2.05, 4.69) is 10.2 Å². The molecule has 0 radical (unpaired) electrons. The normalized spacial score (nSPS) is 10.8. The van der Waals surface area contributed by atoms with E-state index >= 15 is 4.39 Å². The van der Waals surface area contributed by atoms with Crippen molar-refractivity contribution in [3.05, 3.63) is 92.5 Å². The molecule has 0 amide bonds. The van der Waals surface area contributed by atoms with Crippen LogP contribution in [-0.4, -0.2) is 10.2 Å². The lowest BCUT2D eigenvalue weighted by molar-refractivity contribution is 0.437. The summed E-state index contributed by atoms with van der Waals surface area (Å²) >= 11 is 12.2. The summed E-state index contributed by atoms with van der Waals surface area (Å²) in [5.74, 6) is -0.0107. The van der Waals surface area contributed by atoms with Crippen LogP contribution >= 0.6 is 23.2 Å². The van der Waals surface area contributed by atoms with E-state index in [1.807, 2.05) is 38.1 Å². The second kappa shape index (κ2) is 8.99. The molecule has 0 N–H and O–H groups in total. The third-order valence-electron chi connectivity index (χ3n) is 4.85. The fourth-order valence-electron chi connectivity index (χ4n) is 3.35. The van der Waals surface area contributed by atoms with Crippen molar-refractivity contribution < 1.29 is 13.5 Å². The van der Waals surface area contributed by atoms with Crippen molar-refractivity contribution in [2.24, 2.45) is 0 Å². The molecular weight excluding hydrogens is 452 g/mol. The Morgan fingerprint density at radius 2 is 1.81 bits per heavy atom. The van der Waals surface area contributed by atoms with Crippen LogP contribution in [0.5, 0.6) is 11.5 Å². The fraction of sp³-hybridized carbons (Fsp3) is 0.125. The van der Waals surface area contributed by atoms with Crippen LogP contribution in [0, 0.1) is 31.0 Å². The molecule has 0 fully saturated rings. The number of halogens is 3. The molecule has 0 aliphatic rings. The Balaban J connectivity index is 1.63. The highest BCUT2D eigenvalue weighted by molar-refractivity contribution is 6.32. The monoisotopic (exact) mass is 467 g/mol. The fourth-order valence-corrected chi connectivity index (χ4v) is 3.76. The summed E-state index contributed by atoms with van der Waals surface area (Å²) < 4.78 is 26.7. The van der Waals surface area contributed by atoms with E-state index < -0.39 is 5.82 Å². The number of aromatic nitrogens is 2.